The Hall–Kier alpha value is -2.86. The Balaban J connectivity index is 1.34. The fourth-order valence-electron chi connectivity index (χ4n) is 3.49. The minimum atomic E-state index is -0.0930. The van der Waals surface area contributed by atoms with Crippen LogP contribution in [0.5, 0.6) is 11.5 Å². The largest absolute Gasteiger partial charge is 0.486 e. The van der Waals surface area contributed by atoms with E-state index in [1.54, 1.807) is 5.01 Å². The lowest BCUT2D eigenvalue weighted by atomic mass is 10.1. The maximum absolute atomic E-state index is 12.7. The molecule has 6 heteroatoms. The summed E-state index contributed by atoms with van der Waals surface area (Å²) in [5, 5.41) is 6.14. The van der Waals surface area contributed by atoms with Gasteiger partial charge < -0.3 is 9.47 Å². The van der Waals surface area contributed by atoms with Crippen molar-refractivity contribution in [3.8, 4) is 11.5 Å². The van der Waals surface area contributed by atoms with E-state index in [1.807, 2.05) is 61.5 Å². The number of benzene rings is 2. The van der Waals surface area contributed by atoms with Gasteiger partial charge in [-0.25, -0.2) is 5.01 Å². The van der Waals surface area contributed by atoms with Gasteiger partial charge in [0.2, 0.25) is 0 Å². The third-order valence-corrected chi connectivity index (χ3v) is 5.03. The molecule has 0 aromatic heterocycles. The summed E-state index contributed by atoms with van der Waals surface area (Å²) in [6, 6.07) is 17.7. The molecule has 0 saturated heterocycles. The highest BCUT2D eigenvalue weighted by atomic mass is 16.6. The zero-order valence-electron chi connectivity index (χ0n) is 16.1. The molecular weight excluding hydrogens is 354 g/mol. The van der Waals surface area contributed by atoms with E-state index in [2.05, 4.69) is 10.0 Å². The van der Waals surface area contributed by atoms with Crippen molar-refractivity contribution in [2.24, 2.45) is 5.10 Å². The Morgan fingerprint density at radius 3 is 2.68 bits per heavy atom. The summed E-state index contributed by atoms with van der Waals surface area (Å²) in [6.45, 7) is 4.89. The molecular formula is C22H25N3O3. The maximum Gasteiger partial charge on any atom is 0.256 e. The van der Waals surface area contributed by atoms with Crippen LogP contribution in [-0.4, -0.2) is 60.4 Å². The molecule has 2 aromatic rings. The first-order valence-corrected chi connectivity index (χ1v) is 9.77. The van der Waals surface area contributed by atoms with Gasteiger partial charge in [0.05, 0.1) is 18.8 Å². The highest BCUT2D eigenvalue weighted by Gasteiger charge is 2.26. The second-order valence-electron chi connectivity index (χ2n) is 7.00. The zero-order chi connectivity index (χ0) is 19.3. The topological polar surface area (TPSA) is 54.4 Å². The highest BCUT2D eigenvalue weighted by molar-refractivity contribution is 6.02. The van der Waals surface area contributed by atoms with Crippen LogP contribution >= 0.6 is 0 Å². The first kappa shape index (κ1) is 18.5. The van der Waals surface area contributed by atoms with Gasteiger partial charge in [-0.15, -0.1) is 0 Å². The van der Waals surface area contributed by atoms with Gasteiger partial charge in [0.25, 0.3) is 5.91 Å². The molecule has 4 rings (SSSR count). The first-order chi connectivity index (χ1) is 13.7. The fraction of sp³-hybridized carbons (Fsp3) is 0.364. The quantitative estimate of drug-likeness (QED) is 0.775. The molecule has 0 N–H and O–H groups in total. The molecule has 1 amide bonds. The van der Waals surface area contributed by atoms with Crippen LogP contribution < -0.4 is 9.47 Å². The number of likely N-dealkylation sites (N-methyl/N-ethyl adjacent to an activating group) is 1. The Morgan fingerprint density at radius 1 is 1.14 bits per heavy atom. The standard InChI is InChI=1S/C22H25N3O3/c1-2-24(14-18-16-27-20-10-6-7-11-21(20)28-18)15-22(26)25-13-12-19(23-25)17-8-4-3-5-9-17/h3-11,18H,2,12-16H2,1H3. The number of hydrogen-bond donors (Lipinski definition) is 0. The van der Waals surface area contributed by atoms with Crippen LogP contribution in [0, 0.1) is 0 Å². The van der Waals surface area contributed by atoms with E-state index < -0.39 is 0 Å². The summed E-state index contributed by atoms with van der Waals surface area (Å²) in [4.78, 5) is 14.8. The number of nitrogens with zero attached hydrogens (tertiary/aromatic N) is 3. The van der Waals surface area contributed by atoms with Gasteiger partial charge in [0, 0.05) is 13.0 Å². The van der Waals surface area contributed by atoms with Crippen LogP contribution in [0.1, 0.15) is 18.9 Å². The van der Waals surface area contributed by atoms with E-state index in [0.29, 0.717) is 26.2 Å². The summed E-state index contributed by atoms with van der Waals surface area (Å²) in [7, 11) is 0. The molecule has 0 radical (unpaired) electrons. The number of hydrogen-bond acceptors (Lipinski definition) is 5. The Kier molecular flexibility index (Phi) is 5.58. The smallest absolute Gasteiger partial charge is 0.256 e. The van der Waals surface area contributed by atoms with E-state index in [4.69, 9.17) is 9.47 Å². The van der Waals surface area contributed by atoms with Crippen LogP contribution in [0.4, 0.5) is 0 Å². The number of ether oxygens (including phenoxy) is 2. The fourth-order valence-corrected chi connectivity index (χ4v) is 3.49. The van der Waals surface area contributed by atoms with Gasteiger partial charge in [0.15, 0.2) is 11.5 Å². The Morgan fingerprint density at radius 2 is 1.89 bits per heavy atom. The van der Waals surface area contributed by atoms with Crippen molar-refractivity contribution in [1.82, 2.24) is 9.91 Å². The Labute approximate surface area is 165 Å². The minimum absolute atomic E-state index is 0.0184. The summed E-state index contributed by atoms with van der Waals surface area (Å²) < 4.78 is 11.8. The molecule has 0 fully saturated rings. The van der Waals surface area contributed by atoms with E-state index in [0.717, 1.165) is 35.7 Å². The van der Waals surface area contributed by atoms with Gasteiger partial charge >= 0.3 is 0 Å². The molecule has 0 aliphatic carbocycles. The normalized spacial score (nSPS) is 18.3. The number of carbonyl (C=O) groups excluding carboxylic acids is 1. The SMILES string of the molecule is CCN(CC(=O)N1CCC(c2ccccc2)=N1)CC1COc2ccccc2O1. The second-order valence-corrected chi connectivity index (χ2v) is 7.00. The number of rotatable bonds is 6. The summed E-state index contributed by atoms with van der Waals surface area (Å²) in [5.74, 6) is 1.56. The number of hydrazone groups is 1. The molecule has 28 heavy (non-hydrogen) atoms. The predicted octanol–water partition coefficient (Wildman–Crippen LogP) is 2.78. The lowest BCUT2D eigenvalue weighted by Crippen LogP contribution is -2.44. The lowest BCUT2D eigenvalue weighted by molar-refractivity contribution is -0.132. The number of fused-ring (bicyclic) bond motifs is 1. The van der Waals surface area contributed by atoms with Gasteiger partial charge in [-0.05, 0) is 24.2 Å². The number of amides is 1. The average molecular weight is 379 g/mol. The molecule has 1 atom stereocenters. The molecule has 2 aromatic carbocycles. The second kappa shape index (κ2) is 8.44. The lowest BCUT2D eigenvalue weighted by Gasteiger charge is -2.30. The van der Waals surface area contributed by atoms with Crippen LogP contribution in [-0.2, 0) is 4.79 Å². The van der Waals surface area contributed by atoms with E-state index in [1.165, 1.54) is 0 Å². The minimum Gasteiger partial charge on any atom is -0.486 e. The molecule has 0 spiro atoms. The predicted molar refractivity (Wildman–Crippen MR) is 108 cm³/mol. The first-order valence-electron chi connectivity index (χ1n) is 9.77. The molecule has 2 aliphatic heterocycles. The van der Waals surface area contributed by atoms with Crippen molar-refractivity contribution in [3.05, 3.63) is 60.2 Å². The summed E-state index contributed by atoms with van der Waals surface area (Å²) in [5.41, 5.74) is 2.05. The molecule has 2 aliphatic rings. The third kappa shape index (κ3) is 4.17. The van der Waals surface area contributed by atoms with Gasteiger partial charge in [-0.2, -0.15) is 5.10 Å². The zero-order valence-corrected chi connectivity index (χ0v) is 16.1. The van der Waals surface area contributed by atoms with Crippen molar-refractivity contribution in [3.63, 3.8) is 0 Å². The van der Waals surface area contributed by atoms with Crippen LogP contribution in [0.15, 0.2) is 59.7 Å². The van der Waals surface area contributed by atoms with E-state index in [9.17, 15) is 4.79 Å². The van der Waals surface area contributed by atoms with Crippen molar-refractivity contribution in [2.75, 3.05) is 32.8 Å². The maximum atomic E-state index is 12.7. The van der Waals surface area contributed by atoms with Crippen molar-refractivity contribution < 1.29 is 14.3 Å². The third-order valence-electron chi connectivity index (χ3n) is 5.03. The highest BCUT2D eigenvalue weighted by Crippen LogP contribution is 2.31. The van der Waals surface area contributed by atoms with Gasteiger partial charge in [-0.3, -0.25) is 9.69 Å². The molecule has 6 nitrogen and oxygen atoms in total. The van der Waals surface area contributed by atoms with Crippen LogP contribution in [0.2, 0.25) is 0 Å². The van der Waals surface area contributed by atoms with Gasteiger partial charge in [0.1, 0.15) is 12.7 Å². The van der Waals surface area contributed by atoms with Crippen LogP contribution in [0.25, 0.3) is 0 Å². The summed E-state index contributed by atoms with van der Waals surface area (Å²) in [6.07, 6.45) is 0.697. The van der Waals surface area contributed by atoms with Crippen molar-refractivity contribution >= 4 is 11.6 Å². The number of carbonyl (C=O) groups is 1. The van der Waals surface area contributed by atoms with E-state index in [-0.39, 0.29) is 12.0 Å². The molecule has 0 bridgehead atoms. The molecule has 0 saturated carbocycles. The molecule has 146 valence electrons. The van der Waals surface area contributed by atoms with Crippen molar-refractivity contribution in [2.45, 2.75) is 19.4 Å². The van der Waals surface area contributed by atoms with Gasteiger partial charge in [-0.1, -0.05) is 49.4 Å². The summed E-state index contributed by atoms with van der Waals surface area (Å²) >= 11 is 0. The average Bonchev–Trinajstić information content (AvgIpc) is 3.24. The number of para-hydroxylation sites is 2. The van der Waals surface area contributed by atoms with E-state index >= 15 is 0 Å². The van der Waals surface area contributed by atoms with Crippen LogP contribution in [0.3, 0.4) is 0 Å². The Bertz CT molecular complexity index is 853. The van der Waals surface area contributed by atoms with Crippen molar-refractivity contribution in [1.29, 1.82) is 0 Å². The monoisotopic (exact) mass is 379 g/mol. The molecule has 2 heterocycles. The molecule has 1 unspecified atom stereocenters.